The lowest BCUT2D eigenvalue weighted by molar-refractivity contribution is 0.828. The maximum Gasteiger partial charge on any atom is 0.245 e. The van der Waals surface area contributed by atoms with Crippen molar-refractivity contribution in [1.82, 2.24) is 20.2 Å². The molecule has 25 heavy (non-hydrogen) atoms. The highest BCUT2D eigenvalue weighted by atomic mass is 15.3. The van der Waals surface area contributed by atoms with Crippen LogP contribution in [0.15, 0.2) is 73.2 Å². The van der Waals surface area contributed by atoms with Gasteiger partial charge in [-0.3, -0.25) is 4.98 Å². The zero-order valence-electron chi connectivity index (χ0n) is 13.9. The standard InChI is InChI=1S/C20H17N5/c1-25(14-15-6-5-11-21-12-15)20-23-19(13-22-24-20)18-10-4-8-16-7-2-3-9-17(16)18/h2-13H,14H2,1H3. The van der Waals surface area contributed by atoms with E-state index in [9.17, 15) is 0 Å². The zero-order valence-corrected chi connectivity index (χ0v) is 13.9. The molecule has 0 amide bonds. The van der Waals surface area contributed by atoms with E-state index < -0.39 is 0 Å². The van der Waals surface area contributed by atoms with Gasteiger partial charge in [-0.15, -0.1) is 5.10 Å². The van der Waals surface area contributed by atoms with Crippen molar-refractivity contribution in [2.24, 2.45) is 0 Å². The summed E-state index contributed by atoms with van der Waals surface area (Å²) in [6.07, 6.45) is 5.32. The van der Waals surface area contributed by atoms with E-state index in [1.165, 1.54) is 5.39 Å². The van der Waals surface area contributed by atoms with Gasteiger partial charge in [-0.25, -0.2) is 4.98 Å². The summed E-state index contributed by atoms with van der Waals surface area (Å²) >= 11 is 0. The van der Waals surface area contributed by atoms with Crippen molar-refractivity contribution in [3.8, 4) is 11.3 Å². The molecule has 0 bridgehead atoms. The number of aromatic nitrogens is 4. The summed E-state index contributed by atoms with van der Waals surface area (Å²) in [5, 5.41) is 10.7. The van der Waals surface area contributed by atoms with Gasteiger partial charge in [0, 0.05) is 31.5 Å². The molecule has 0 saturated carbocycles. The maximum atomic E-state index is 4.72. The molecule has 2 heterocycles. The highest BCUT2D eigenvalue weighted by Crippen LogP contribution is 2.27. The van der Waals surface area contributed by atoms with Crippen molar-refractivity contribution in [2.75, 3.05) is 11.9 Å². The van der Waals surface area contributed by atoms with E-state index in [1.54, 1.807) is 12.4 Å². The summed E-state index contributed by atoms with van der Waals surface area (Å²) < 4.78 is 0. The number of benzene rings is 2. The molecule has 4 aromatic rings. The Kier molecular flexibility index (Phi) is 4.04. The fourth-order valence-corrected chi connectivity index (χ4v) is 2.87. The Morgan fingerprint density at radius 1 is 0.920 bits per heavy atom. The predicted octanol–water partition coefficient (Wildman–Crippen LogP) is 3.72. The Bertz CT molecular complexity index is 996. The highest BCUT2D eigenvalue weighted by molar-refractivity contribution is 5.95. The molecule has 0 aliphatic carbocycles. The number of rotatable bonds is 4. The molecule has 0 saturated heterocycles. The summed E-state index contributed by atoms with van der Waals surface area (Å²) in [6.45, 7) is 0.675. The first kappa shape index (κ1) is 15.2. The first-order valence-electron chi connectivity index (χ1n) is 8.09. The van der Waals surface area contributed by atoms with Crippen LogP contribution in [0, 0.1) is 0 Å². The van der Waals surface area contributed by atoms with E-state index in [-0.39, 0.29) is 0 Å². The zero-order chi connectivity index (χ0) is 17.1. The molecule has 0 spiro atoms. The summed E-state index contributed by atoms with van der Waals surface area (Å²) in [5.74, 6) is 0.592. The lowest BCUT2D eigenvalue weighted by atomic mass is 10.0. The van der Waals surface area contributed by atoms with Gasteiger partial charge in [0.15, 0.2) is 0 Å². The van der Waals surface area contributed by atoms with Gasteiger partial charge in [-0.2, -0.15) is 5.10 Å². The van der Waals surface area contributed by atoms with Crippen molar-refractivity contribution in [1.29, 1.82) is 0 Å². The van der Waals surface area contributed by atoms with Gasteiger partial charge in [-0.05, 0) is 22.4 Å². The van der Waals surface area contributed by atoms with Crippen LogP contribution in [0.5, 0.6) is 0 Å². The van der Waals surface area contributed by atoms with Crippen molar-refractivity contribution in [3.63, 3.8) is 0 Å². The van der Waals surface area contributed by atoms with Gasteiger partial charge in [0.05, 0.1) is 11.9 Å². The quantitative estimate of drug-likeness (QED) is 0.572. The van der Waals surface area contributed by atoms with Crippen LogP contribution in [-0.2, 0) is 6.54 Å². The predicted molar refractivity (Wildman–Crippen MR) is 99.1 cm³/mol. The normalized spacial score (nSPS) is 10.8. The third-order valence-corrected chi connectivity index (χ3v) is 4.10. The lowest BCUT2D eigenvalue weighted by Crippen LogP contribution is -2.19. The number of fused-ring (bicyclic) bond motifs is 1. The number of nitrogens with zero attached hydrogens (tertiary/aromatic N) is 5. The first-order chi connectivity index (χ1) is 12.3. The van der Waals surface area contributed by atoms with Crippen LogP contribution in [0.2, 0.25) is 0 Å². The van der Waals surface area contributed by atoms with Crippen LogP contribution in [-0.4, -0.2) is 27.2 Å². The Morgan fingerprint density at radius 3 is 2.68 bits per heavy atom. The van der Waals surface area contributed by atoms with Gasteiger partial charge in [0.1, 0.15) is 0 Å². The fourth-order valence-electron chi connectivity index (χ4n) is 2.87. The SMILES string of the molecule is CN(Cc1cccnc1)c1nncc(-c2cccc3ccccc23)n1. The average molecular weight is 327 g/mol. The van der Waals surface area contributed by atoms with E-state index in [1.807, 2.05) is 48.5 Å². The molecule has 0 unspecified atom stereocenters. The Hall–Kier alpha value is -3.34. The Balaban J connectivity index is 1.69. The van der Waals surface area contributed by atoms with Crippen molar-refractivity contribution in [2.45, 2.75) is 6.54 Å². The fraction of sp³-hybridized carbons (Fsp3) is 0.100. The molecule has 5 heteroatoms. The van der Waals surface area contributed by atoms with Gasteiger partial charge in [0.2, 0.25) is 5.95 Å². The molecule has 4 rings (SSSR count). The average Bonchev–Trinajstić information content (AvgIpc) is 2.68. The van der Waals surface area contributed by atoms with Crippen LogP contribution in [0.1, 0.15) is 5.56 Å². The van der Waals surface area contributed by atoms with E-state index in [0.29, 0.717) is 12.5 Å². The van der Waals surface area contributed by atoms with Gasteiger partial charge >= 0.3 is 0 Å². The van der Waals surface area contributed by atoms with Crippen molar-refractivity contribution < 1.29 is 0 Å². The van der Waals surface area contributed by atoms with Crippen LogP contribution in [0.3, 0.4) is 0 Å². The number of anilines is 1. The monoisotopic (exact) mass is 327 g/mol. The molecule has 0 aliphatic rings. The second kappa shape index (κ2) is 6.65. The topological polar surface area (TPSA) is 54.8 Å². The molecule has 2 aromatic carbocycles. The van der Waals surface area contributed by atoms with Crippen LogP contribution < -0.4 is 4.90 Å². The molecular formula is C20H17N5. The van der Waals surface area contributed by atoms with Gasteiger partial charge in [-0.1, -0.05) is 48.5 Å². The van der Waals surface area contributed by atoms with Crippen molar-refractivity contribution >= 4 is 16.7 Å². The van der Waals surface area contributed by atoms with E-state index in [4.69, 9.17) is 4.98 Å². The number of pyridine rings is 1. The van der Waals surface area contributed by atoms with Crippen LogP contribution in [0.25, 0.3) is 22.0 Å². The van der Waals surface area contributed by atoms with Crippen LogP contribution in [0.4, 0.5) is 5.95 Å². The molecule has 2 aromatic heterocycles. The molecule has 5 nitrogen and oxygen atoms in total. The molecule has 0 radical (unpaired) electrons. The Labute approximate surface area is 146 Å². The summed E-state index contributed by atoms with van der Waals surface area (Å²) in [7, 11) is 1.96. The minimum absolute atomic E-state index is 0.592. The number of hydrogen-bond acceptors (Lipinski definition) is 5. The smallest absolute Gasteiger partial charge is 0.245 e. The Morgan fingerprint density at radius 2 is 1.80 bits per heavy atom. The molecule has 0 fully saturated rings. The summed E-state index contributed by atoms with van der Waals surface area (Å²) in [4.78, 5) is 10.8. The summed E-state index contributed by atoms with van der Waals surface area (Å²) in [6, 6.07) is 18.4. The minimum atomic E-state index is 0.592. The molecule has 0 aliphatic heterocycles. The molecule has 0 N–H and O–H groups in total. The highest BCUT2D eigenvalue weighted by Gasteiger charge is 2.10. The van der Waals surface area contributed by atoms with E-state index in [2.05, 4.69) is 39.4 Å². The lowest BCUT2D eigenvalue weighted by Gasteiger charge is -2.17. The van der Waals surface area contributed by atoms with Crippen LogP contribution >= 0.6 is 0 Å². The minimum Gasteiger partial charge on any atom is -0.338 e. The maximum absolute atomic E-state index is 4.72. The molecule has 122 valence electrons. The summed E-state index contributed by atoms with van der Waals surface area (Å²) in [5.41, 5.74) is 2.98. The van der Waals surface area contributed by atoms with E-state index in [0.717, 1.165) is 22.2 Å². The number of hydrogen-bond donors (Lipinski definition) is 0. The molecule has 0 atom stereocenters. The molecular weight excluding hydrogens is 310 g/mol. The van der Waals surface area contributed by atoms with Gasteiger partial charge in [0.25, 0.3) is 0 Å². The second-order valence-electron chi connectivity index (χ2n) is 5.89. The van der Waals surface area contributed by atoms with Gasteiger partial charge < -0.3 is 4.90 Å². The third kappa shape index (κ3) is 3.17. The largest absolute Gasteiger partial charge is 0.338 e. The second-order valence-corrected chi connectivity index (χ2v) is 5.89. The van der Waals surface area contributed by atoms with E-state index >= 15 is 0 Å². The first-order valence-corrected chi connectivity index (χ1v) is 8.09. The third-order valence-electron chi connectivity index (χ3n) is 4.10. The van der Waals surface area contributed by atoms with Crippen molar-refractivity contribution in [3.05, 3.63) is 78.8 Å².